The first-order chi connectivity index (χ1) is 14.0. The van der Waals surface area contributed by atoms with Gasteiger partial charge in [0.1, 0.15) is 18.1 Å². The molecule has 0 aromatic heterocycles. The Hall–Kier alpha value is -1.85. The Kier molecular flexibility index (Phi) is 8.13. The first-order valence-electron chi connectivity index (χ1n) is 9.12. The Morgan fingerprint density at radius 2 is 1.28 bits per heavy atom. The van der Waals surface area contributed by atoms with Gasteiger partial charge in [0.05, 0.1) is 18.5 Å². The largest absolute Gasteiger partial charge is 0.497 e. The predicted molar refractivity (Wildman–Crippen MR) is 122 cm³/mol. The standard InChI is InChI=1S/C23H22Cl2O3S/c1-27-21-10-12-22(13-11-21)28-14-20(26)15-29-23(16-2-6-18(24)7-3-16)17-4-8-19(25)9-5-17/h2-13,20,23,26H,14-15H2,1H3. The van der Waals surface area contributed by atoms with Crippen molar-refractivity contribution in [2.45, 2.75) is 11.4 Å². The summed E-state index contributed by atoms with van der Waals surface area (Å²) in [7, 11) is 1.62. The van der Waals surface area contributed by atoms with Crippen LogP contribution >= 0.6 is 35.0 Å². The van der Waals surface area contributed by atoms with Crippen molar-refractivity contribution in [3.8, 4) is 11.5 Å². The fourth-order valence-corrected chi connectivity index (χ4v) is 4.24. The van der Waals surface area contributed by atoms with Crippen LogP contribution in [0.1, 0.15) is 16.4 Å². The molecule has 0 aliphatic heterocycles. The summed E-state index contributed by atoms with van der Waals surface area (Å²) in [5.74, 6) is 1.98. The SMILES string of the molecule is COc1ccc(OCC(O)CSC(c2ccc(Cl)cc2)c2ccc(Cl)cc2)cc1. The third-order valence-electron chi connectivity index (χ3n) is 4.30. The first kappa shape index (κ1) is 21.8. The molecule has 1 unspecified atom stereocenters. The lowest BCUT2D eigenvalue weighted by atomic mass is 10.0. The highest BCUT2D eigenvalue weighted by Gasteiger charge is 2.17. The van der Waals surface area contributed by atoms with E-state index in [0.717, 1.165) is 16.9 Å². The van der Waals surface area contributed by atoms with E-state index < -0.39 is 6.10 Å². The first-order valence-corrected chi connectivity index (χ1v) is 10.9. The molecule has 0 bridgehead atoms. The minimum Gasteiger partial charge on any atom is -0.497 e. The van der Waals surface area contributed by atoms with Crippen molar-refractivity contribution < 1.29 is 14.6 Å². The molecule has 6 heteroatoms. The summed E-state index contributed by atoms with van der Waals surface area (Å²) in [6, 6.07) is 22.8. The van der Waals surface area contributed by atoms with Gasteiger partial charge >= 0.3 is 0 Å². The zero-order chi connectivity index (χ0) is 20.6. The zero-order valence-electron chi connectivity index (χ0n) is 15.9. The van der Waals surface area contributed by atoms with Crippen LogP contribution in [0.25, 0.3) is 0 Å². The van der Waals surface area contributed by atoms with Gasteiger partial charge in [0, 0.05) is 15.8 Å². The number of benzene rings is 3. The Balaban J connectivity index is 1.62. The summed E-state index contributed by atoms with van der Waals surface area (Å²) in [5, 5.41) is 11.9. The quantitative estimate of drug-likeness (QED) is 0.418. The van der Waals surface area contributed by atoms with E-state index in [-0.39, 0.29) is 11.9 Å². The lowest BCUT2D eigenvalue weighted by Gasteiger charge is -2.20. The monoisotopic (exact) mass is 448 g/mol. The van der Waals surface area contributed by atoms with Crippen molar-refractivity contribution in [3.63, 3.8) is 0 Å². The number of aliphatic hydroxyl groups excluding tert-OH is 1. The normalized spacial score (nSPS) is 12.0. The Morgan fingerprint density at radius 1 is 0.793 bits per heavy atom. The molecule has 0 aliphatic carbocycles. The molecule has 0 aliphatic rings. The summed E-state index contributed by atoms with van der Waals surface area (Å²) < 4.78 is 10.8. The van der Waals surface area contributed by atoms with E-state index in [0.29, 0.717) is 21.5 Å². The highest BCUT2D eigenvalue weighted by Crippen LogP contribution is 2.37. The molecule has 3 nitrogen and oxygen atoms in total. The molecule has 3 aromatic carbocycles. The molecule has 0 saturated carbocycles. The summed E-state index contributed by atoms with van der Waals surface area (Å²) in [6.45, 7) is 0.216. The molecule has 0 spiro atoms. The van der Waals surface area contributed by atoms with Gasteiger partial charge in [0.15, 0.2) is 0 Å². The van der Waals surface area contributed by atoms with Crippen molar-refractivity contribution in [2.75, 3.05) is 19.5 Å². The second kappa shape index (κ2) is 10.8. The van der Waals surface area contributed by atoms with Gasteiger partial charge in [-0.3, -0.25) is 0 Å². The van der Waals surface area contributed by atoms with Crippen LogP contribution in [0, 0.1) is 0 Å². The summed E-state index contributed by atoms with van der Waals surface area (Å²) in [6.07, 6.45) is -0.607. The van der Waals surface area contributed by atoms with Crippen LogP contribution in [0.5, 0.6) is 11.5 Å². The highest BCUT2D eigenvalue weighted by molar-refractivity contribution is 7.99. The van der Waals surface area contributed by atoms with E-state index in [1.165, 1.54) is 0 Å². The molecule has 0 heterocycles. The van der Waals surface area contributed by atoms with Crippen molar-refractivity contribution >= 4 is 35.0 Å². The number of hydrogen-bond donors (Lipinski definition) is 1. The summed E-state index contributed by atoms with van der Waals surface area (Å²) in [4.78, 5) is 0. The lowest BCUT2D eigenvalue weighted by molar-refractivity contribution is 0.126. The lowest BCUT2D eigenvalue weighted by Crippen LogP contribution is -2.20. The van der Waals surface area contributed by atoms with Gasteiger partial charge < -0.3 is 14.6 Å². The molecule has 0 saturated heterocycles. The van der Waals surface area contributed by atoms with Crippen molar-refractivity contribution in [1.29, 1.82) is 0 Å². The van der Waals surface area contributed by atoms with Crippen LogP contribution in [0.4, 0.5) is 0 Å². The van der Waals surface area contributed by atoms with Crippen molar-refractivity contribution in [1.82, 2.24) is 0 Å². The highest BCUT2D eigenvalue weighted by atomic mass is 35.5. The Bertz CT molecular complexity index is 838. The number of aliphatic hydroxyl groups is 1. The number of methoxy groups -OCH3 is 1. The van der Waals surface area contributed by atoms with Gasteiger partial charge in [-0.2, -0.15) is 0 Å². The summed E-state index contributed by atoms with van der Waals surface area (Å²) >= 11 is 13.7. The average Bonchev–Trinajstić information content (AvgIpc) is 2.75. The third-order valence-corrected chi connectivity index (χ3v) is 6.26. The molecule has 1 N–H and O–H groups in total. The third kappa shape index (κ3) is 6.58. The molecule has 152 valence electrons. The minimum atomic E-state index is -0.607. The Morgan fingerprint density at radius 3 is 1.76 bits per heavy atom. The van der Waals surface area contributed by atoms with Crippen molar-refractivity contribution in [2.24, 2.45) is 0 Å². The maximum atomic E-state index is 10.4. The number of halogens is 2. The minimum absolute atomic E-state index is 0.0557. The number of ether oxygens (including phenoxy) is 2. The van der Waals surface area contributed by atoms with Crippen LogP contribution in [-0.4, -0.2) is 30.7 Å². The van der Waals surface area contributed by atoms with E-state index >= 15 is 0 Å². The van der Waals surface area contributed by atoms with Gasteiger partial charge in [-0.05, 0) is 59.7 Å². The predicted octanol–water partition coefficient (Wildman–Crippen LogP) is 6.26. The maximum Gasteiger partial charge on any atom is 0.119 e. The summed E-state index contributed by atoms with van der Waals surface area (Å²) in [5.41, 5.74) is 2.23. The van der Waals surface area contributed by atoms with Crippen molar-refractivity contribution in [3.05, 3.63) is 94.0 Å². The molecule has 0 radical (unpaired) electrons. The average molecular weight is 449 g/mol. The second-order valence-corrected chi connectivity index (χ2v) is 8.47. The molecule has 0 amide bonds. The van der Waals surface area contributed by atoms with E-state index in [1.807, 2.05) is 72.8 Å². The van der Waals surface area contributed by atoms with Gasteiger partial charge in [0.25, 0.3) is 0 Å². The van der Waals surface area contributed by atoms with Crippen LogP contribution in [0.15, 0.2) is 72.8 Å². The fraction of sp³-hybridized carbons (Fsp3) is 0.217. The molecule has 29 heavy (non-hydrogen) atoms. The topological polar surface area (TPSA) is 38.7 Å². The zero-order valence-corrected chi connectivity index (χ0v) is 18.3. The number of rotatable bonds is 9. The smallest absolute Gasteiger partial charge is 0.119 e. The van der Waals surface area contributed by atoms with E-state index in [2.05, 4.69) is 0 Å². The van der Waals surface area contributed by atoms with Gasteiger partial charge in [0.2, 0.25) is 0 Å². The number of thioether (sulfide) groups is 1. The van der Waals surface area contributed by atoms with Crippen LogP contribution < -0.4 is 9.47 Å². The van der Waals surface area contributed by atoms with Crippen LogP contribution in [0.3, 0.4) is 0 Å². The van der Waals surface area contributed by atoms with E-state index in [9.17, 15) is 5.11 Å². The molecular weight excluding hydrogens is 427 g/mol. The fourth-order valence-electron chi connectivity index (χ4n) is 2.78. The van der Waals surface area contributed by atoms with E-state index in [4.69, 9.17) is 32.7 Å². The van der Waals surface area contributed by atoms with Crippen LogP contribution in [-0.2, 0) is 0 Å². The Labute approximate surface area is 185 Å². The van der Waals surface area contributed by atoms with Gasteiger partial charge in [-0.15, -0.1) is 11.8 Å². The van der Waals surface area contributed by atoms with Crippen LogP contribution in [0.2, 0.25) is 10.0 Å². The molecule has 0 fully saturated rings. The number of hydrogen-bond acceptors (Lipinski definition) is 4. The van der Waals surface area contributed by atoms with Gasteiger partial charge in [-0.25, -0.2) is 0 Å². The maximum absolute atomic E-state index is 10.4. The second-order valence-electron chi connectivity index (χ2n) is 6.46. The molecule has 3 aromatic rings. The van der Waals surface area contributed by atoms with Gasteiger partial charge in [-0.1, -0.05) is 47.5 Å². The van der Waals surface area contributed by atoms with E-state index in [1.54, 1.807) is 18.9 Å². The molecular formula is C23H22Cl2O3S. The molecule has 1 atom stereocenters. The molecule has 3 rings (SSSR count).